The lowest BCUT2D eigenvalue weighted by Crippen LogP contribution is -2.44. The Hall–Kier alpha value is -1.11. The Morgan fingerprint density at radius 1 is 1.44 bits per heavy atom. The summed E-state index contributed by atoms with van der Waals surface area (Å²) in [7, 11) is 3.95. The fraction of sp³-hybridized carbons (Fsp3) is 0.737. The van der Waals surface area contributed by atoms with Gasteiger partial charge in [0.15, 0.2) is 5.96 Å². The van der Waals surface area contributed by atoms with Crippen molar-refractivity contribution in [1.29, 1.82) is 0 Å². The van der Waals surface area contributed by atoms with Crippen LogP contribution in [0.5, 0.6) is 0 Å². The lowest BCUT2D eigenvalue weighted by atomic mass is 10.2. The molecule has 1 aromatic heterocycles. The first-order chi connectivity index (χ1) is 12.3. The molecule has 0 spiro atoms. The standard InChI is InChI=1S/C19H32N4OS/c1-20-19(22(2)11-12-24-15-16-7-8-16)21-14-17(18-6-5-13-25-18)23-9-3-4-10-23/h5-6,13,16-17H,3-4,7-12,14-15H2,1-2H3,(H,20,21). The molecule has 2 fully saturated rings. The maximum absolute atomic E-state index is 5.76. The molecule has 1 aromatic rings. The second-order valence-corrected chi connectivity index (χ2v) is 8.12. The number of likely N-dealkylation sites (N-methyl/N-ethyl adjacent to an activating group) is 1. The van der Waals surface area contributed by atoms with Crippen LogP contribution in [0.4, 0.5) is 0 Å². The first-order valence-electron chi connectivity index (χ1n) is 9.55. The van der Waals surface area contributed by atoms with Gasteiger partial charge in [-0.15, -0.1) is 11.3 Å². The topological polar surface area (TPSA) is 40.1 Å². The van der Waals surface area contributed by atoms with E-state index in [2.05, 4.69) is 44.7 Å². The van der Waals surface area contributed by atoms with Crippen LogP contribution < -0.4 is 5.32 Å². The average molecular weight is 365 g/mol. The zero-order valence-electron chi connectivity index (χ0n) is 15.6. The van der Waals surface area contributed by atoms with Crippen molar-refractivity contribution in [3.05, 3.63) is 22.4 Å². The minimum Gasteiger partial charge on any atom is -0.379 e. The van der Waals surface area contributed by atoms with Gasteiger partial charge in [-0.05, 0) is 56.1 Å². The number of rotatable bonds is 9. The fourth-order valence-corrected chi connectivity index (χ4v) is 4.22. The van der Waals surface area contributed by atoms with Crippen molar-refractivity contribution >= 4 is 17.3 Å². The molecular formula is C19H32N4OS. The molecule has 5 nitrogen and oxygen atoms in total. The highest BCUT2D eigenvalue weighted by atomic mass is 32.1. The SMILES string of the molecule is CN=C(NCC(c1cccs1)N1CCCC1)N(C)CCOCC1CC1. The summed E-state index contributed by atoms with van der Waals surface area (Å²) in [4.78, 5) is 10.7. The van der Waals surface area contributed by atoms with Crippen molar-refractivity contribution in [2.45, 2.75) is 31.7 Å². The molecule has 1 atom stereocenters. The molecule has 0 bridgehead atoms. The number of likely N-dealkylation sites (tertiary alicyclic amines) is 1. The largest absolute Gasteiger partial charge is 0.379 e. The zero-order chi connectivity index (χ0) is 17.5. The van der Waals surface area contributed by atoms with Crippen molar-refractivity contribution in [1.82, 2.24) is 15.1 Å². The maximum Gasteiger partial charge on any atom is 0.193 e. The summed E-state index contributed by atoms with van der Waals surface area (Å²) in [6.45, 7) is 5.88. The number of aliphatic imine (C=N–C) groups is 1. The lowest BCUT2D eigenvalue weighted by molar-refractivity contribution is 0.115. The smallest absolute Gasteiger partial charge is 0.193 e. The summed E-state index contributed by atoms with van der Waals surface area (Å²) in [5.41, 5.74) is 0. The second kappa shape index (κ2) is 9.55. The van der Waals surface area contributed by atoms with E-state index in [1.54, 1.807) is 0 Å². The third kappa shape index (κ3) is 5.69. The Morgan fingerprint density at radius 3 is 2.88 bits per heavy atom. The minimum absolute atomic E-state index is 0.443. The summed E-state index contributed by atoms with van der Waals surface area (Å²) in [5.74, 6) is 1.78. The van der Waals surface area contributed by atoms with Gasteiger partial charge in [0.05, 0.1) is 12.6 Å². The lowest BCUT2D eigenvalue weighted by Gasteiger charge is -2.29. The van der Waals surface area contributed by atoms with Gasteiger partial charge < -0.3 is 15.0 Å². The molecule has 2 aliphatic rings. The van der Waals surface area contributed by atoms with Gasteiger partial charge in [-0.3, -0.25) is 9.89 Å². The van der Waals surface area contributed by atoms with Gasteiger partial charge in [0.2, 0.25) is 0 Å². The maximum atomic E-state index is 5.76. The Balaban J connectivity index is 1.47. The number of hydrogen-bond donors (Lipinski definition) is 1. The van der Waals surface area contributed by atoms with E-state index in [1.807, 2.05) is 18.4 Å². The van der Waals surface area contributed by atoms with Gasteiger partial charge in [0, 0.05) is 38.7 Å². The van der Waals surface area contributed by atoms with Gasteiger partial charge in [0.25, 0.3) is 0 Å². The zero-order valence-corrected chi connectivity index (χ0v) is 16.4. The highest BCUT2D eigenvalue weighted by Crippen LogP contribution is 2.29. The van der Waals surface area contributed by atoms with Crippen LogP contribution in [0, 0.1) is 5.92 Å². The minimum atomic E-state index is 0.443. The van der Waals surface area contributed by atoms with E-state index in [4.69, 9.17) is 4.74 Å². The third-order valence-corrected chi connectivity index (χ3v) is 6.07. The van der Waals surface area contributed by atoms with Crippen LogP contribution in [0.1, 0.15) is 36.6 Å². The number of hydrogen-bond acceptors (Lipinski definition) is 4. The summed E-state index contributed by atoms with van der Waals surface area (Å²) < 4.78 is 5.76. The van der Waals surface area contributed by atoms with E-state index in [-0.39, 0.29) is 0 Å². The number of guanidine groups is 1. The van der Waals surface area contributed by atoms with Crippen molar-refractivity contribution in [3.8, 4) is 0 Å². The highest BCUT2D eigenvalue weighted by molar-refractivity contribution is 7.10. The first kappa shape index (κ1) is 18.7. The monoisotopic (exact) mass is 364 g/mol. The first-order valence-corrected chi connectivity index (χ1v) is 10.4. The van der Waals surface area contributed by atoms with E-state index in [0.717, 1.165) is 38.2 Å². The van der Waals surface area contributed by atoms with Crippen molar-refractivity contribution < 1.29 is 4.74 Å². The molecule has 0 aromatic carbocycles. The number of thiophene rings is 1. The van der Waals surface area contributed by atoms with E-state index < -0.39 is 0 Å². The fourth-order valence-electron chi connectivity index (χ4n) is 3.36. The normalized spacial score (nSPS) is 20.0. The molecule has 1 N–H and O–H groups in total. The Kier molecular flexibility index (Phi) is 7.13. The van der Waals surface area contributed by atoms with Crippen LogP contribution in [0.2, 0.25) is 0 Å². The second-order valence-electron chi connectivity index (χ2n) is 7.14. The summed E-state index contributed by atoms with van der Waals surface area (Å²) in [6, 6.07) is 4.85. The van der Waals surface area contributed by atoms with Crippen LogP contribution in [0.15, 0.2) is 22.5 Å². The van der Waals surface area contributed by atoms with Crippen molar-refractivity contribution in [2.24, 2.45) is 10.9 Å². The van der Waals surface area contributed by atoms with E-state index in [0.29, 0.717) is 6.04 Å². The van der Waals surface area contributed by atoms with Crippen LogP contribution in [-0.2, 0) is 4.74 Å². The Bertz CT molecular complexity index is 524. The molecule has 1 saturated carbocycles. The quantitative estimate of drug-likeness (QED) is 0.416. The van der Waals surface area contributed by atoms with Crippen molar-refractivity contribution in [2.75, 3.05) is 53.5 Å². The third-order valence-electron chi connectivity index (χ3n) is 5.10. The van der Waals surface area contributed by atoms with Gasteiger partial charge in [0.1, 0.15) is 0 Å². The number of nitrogens with one attached hydrogen (secondary N) is 1. The highest BCUT2D eigenvalue weighted by Gasteiger charge is 2.25. The van der Waals surface area contributed by atoms with Crippen LogP contribution in [0.25, 0.3) is 0 Å². The molecule has 1 saturated heterocycles. The van der Waals surface area contributed by atoms with E-state index >= 15 is 0 Å². The molecule has 1 unspecified atom stereocenters. The molecule has 0 radical (unpaired) electrons. The predicted molar refractivity (Wildman–Crippen MR) is 105 cm³/mol. The van der Waals surface area contributed by atoms with Crippen molar-refractivity contribution in [3.63, 3.8) is 0 Å². The molecule has 1 aliphatic carbocycles. The molecule has 2 heterocycles. The average Bonchev–Trinajstić information content (AvgIpc) is 3.07. The number of nitrogens with zero attached hydrogens (tertiary/aromatic N) is 3. The van der Waals surface area contributed by atoms with Gasteiger partial charge in [-0.2, -0.15) is 0 Å². The molecule has 25 heavy (non-hydrogen) atoms. The predicted octanol–water partition coefficient (Wildman–Crippen LogP) is 2.82. The molecular weight excluding hydrogens is 332 g/mol. The van der Waals surface area contributed by atoms with Crippen LogP contribution >= 0.6 is 11.3 Å². The van der Waals surface area contributed by atoms with Gasteiger partial charge in [-0.1, -0.05) is 6.07 Å². The molecule has 0 amide bonds. The Labute approximate surface area is 156 Å². The molecule has 6 heteroatoms. The summed E-state index contributed by atoms with van der Waals surface area (Å²) in [5, 5.41) is 5.76. The molecule has 1 aliphatic heterocycles. The van der Waals surface area contributed by atoms with E-state index in [1.165, 1.54) is 43.6 Å². The van der Waals surface area contributed by atoms with E-state index in [9.17, 15) is 0 Å². The Morgan fingerprint density at radius 2 is 2.24 bits per heavy atom. The molecule has 3 rings (SSSR count). The van der Waals surface area contributed by atoms with Crippen LogP contribution in [-0.4, -0.2) is 69.2 Å². The van der Waals surface area contributed by atoms with Gasteiger partial charge in [-0.25, -0.2) is 0 Å². The van der Waals surface area contributed by atoms with Gasteiger partial charge >= 0.3 is 0 Å². The molecule has 140 valence electrons. The number of ether oxygens (including phenoxy) is 1. The summed E-state index contributed by atoms with van der Waals surface area (Å²) in [6.07, 6.45) is 5.32. The summed E-state index contributed by atoms with van der Waals surface area (Å²) >= 11 is 1.86. The van der Waals surface area contributed by atoms with Crippen LogP contribution in [0.3, 0.4) is 0 Å².